The molecule has 1 aromatic rings. The van der Waals surface area contributed by atoms with Gasteiger partial charge < -0.3 is 9.47 Å². The number of piperidine rings is 1. The van der Waals surface area contributed by atoms with Gasteiger partial charge in [-0.2, -0.15) is 0 Å². The van der Waals surface area contributed by atoms with E-state index in [0.717, 1.165) is 12.3 Å². The molecule has 0 spiro atoms. The average molecular weight is 270 g/mol. The van der Waals surface area contributed by atoms with Crippen LogP contribution in [0.25, 0.3) is 0 Å². The highest BCUT2D eigenvalue weighted by Crippen LogP contribution is 2.29. The van der Waals surface area contributed by atoms with E-state index in [1.54, 1.807) is 13.2 Å². The third kappa shape index (κ3) is 3.79. The zero-order chi connectivity index (χ0) is 12.8. The van der Waals surface area contributed by atoms with Gasteiger partial charge in [-0.05, 0) is 38.1 Å². The van der Waals surface area contributed by atoms with Gasteiger partial charge in [0.05, 0.1) is 7.11 Å². The van der Waals surface area contributed by atoms with Gasteiger partial charge in [-0.1, -0.05) is 18.0 Å². The first-order valence-electron chi connectivity index (χ1n) is 6.48. The quantitative estimate of drug-likeness (QED) is 0.819. The molecule has 0 atom stereocenters. The minimum Gasteiger partial charge on any atom is -0.493 e. The van der Waals surface area contributed by atoms with E-state index in [-0.39, 0.29) is 0 Å². The van der Waals surface area contributed by atoms with Crippen molar-refractivity contribution >= 4 is 11.6 Å². The lowest BCUT2D eigenvalue weighted by atomic mass is 10.1. The van der Waals surface area contributed by atoms with Crippen LogP contribution in [0.3, 0.4) is 0 Å². The molecule has 1 aliphatic heterocycles. The topological polar surface area (TPSA) is 21.7 Å². The lowest BCUT2D eigenvalue weighted by Crippen LogP contribution is -2.33. The molecule has 3 nitrogen and oxygen atoms in total. The van der Waals surface area contributed by atoms with Crippen LogP contribution in [0.5, 0.6) is 11.5 Å². The van der Waals surface area contributed by atoms with Gasteiger partial charge in [-0.3, -0.25) is 4.90 Å². The average Bonchev–Trinajstić information content (AvgIpc) is 2.41. The molecule has 18 heavy (non-hydrogen) atoms. The molecule has 0 unspecified atom stereocenters. The summed E-state index contributed by atoms with van der Waals surface area (Å²) in [5.41, 5.74) is 0. The third-order valence-electron chi connectivity index (χ3n) is 3.24. The van der Waals surface area contributed by atoms with Gasteiger partial charge in [0.15, 0.2) is 11.5 Å². The van der Waals surface area contributed by atoms with Gasteiger partial charge in [-0.25, -0.2) is 0 Å². The van der Waals surface area contributed by atoms with Crippen molar-refractivity contribution in [2.45, 2.75) is 19.3 Å². The fourth-order valence-electron chi connectivity index (χ4n) is 2.23. The maximum Gasteiger partial charge on any atom is 0.162 e. The molecule has 100 valence electrons. The fourth-order valence-corrected chi connectivity index (χ4v) is 2.39. The lowest BCUT2D eigenvalue weighted by molar-refractivity contribution is 0.180. The molecule has 0 amide bonds. The van der Waals surface area contributed by atoms with Crippen molar-refractivity contribution in [3.8, 4) is 11.5 Å². The fraction of sp³-hybridized carbons (Fsp3) is 0.571. The Labute approximate surface area is 114 Å². The summed E-state index contributed by atoms with van der Waals surface area (Å²) in [6, 6.07) is 5.45. The van der Waals surface area contributed by atoms with Crippen LogP contribution in [-0.4, -0.2) is 38.3 Å². The summed E-state index contributed by atoms with van der Waals surface area (Å²) in [5, 5.41) is 0.662. The van der Waals surface area contributed by atoms with Crippen LogP contribution < -0.4 is 9.47 Å². The summed E-state index contributed by atoms with van der Waals surface area (Å²) in [4.78, 5) is 2.45. The third-order valence-corrected chi connectivity index (χ3v) is 3.47. The monoisotopic (exact) mass is 269 g/mol. The molecule has 0 bridgehead atoms. The zero-order valence-electron chi connectivity index (χ0n) is 10.8. The minimum atomic E-state index is 0.662. The minimum absolute atomic E-state index is 0.662. The molecule has 1 heterocycles. The second kappa shape index (κ2) is 6.86. The lowest BCUT2D eigenvalue weighted by Gasteiger charge is -2.26. The molecule has 1 saturated heterocycles. The van der Waals surface area contributed by atoms with Gasteiger partial charge in [0.2, 0.25) is 0 Å². The molecule has 0 aliphatic carbocycles. The summed E-state index contributed by atoms with van der Waals surface area (Å²) >= 11 is 5.91. The van der Waals surface area contributed by atoms with Crippen LogP contribution in [0.2, 0.25) is 5.02 Å². The van der Waals surface area contributed by atoms with Gasteiger partial charge >= 0.3 is 0 Å². The Hall–Kier alpha value is -0.930. The van der Waals surface area contributed by atoms with Crippen LogP contribution in [0.4, 0.5) is 0 Å². The predicted molar refractivity (Wildman–Crippen MR) is 73.8 cm³/mol. The smallest absolute Gasteiger partial charge is 0.162 e. The molecule has 0 saturated carbocycles. The number of likely N-dealkylation sites (tertiary alicyclic amines) is 1. The van der Waals surface area contributed by atoms with Crippen molar-refractivity contribution in [3.63, 3.8) is 0 Å². The van der Waals surface area contributed by atoms with Crippen molar-refractivity contribution < 1.29 is 9.47 Å². The summed E-state index contributed by atoms with van der Waals surface area (Å²) in [5.74, 6) is 1.46. The number of methoxy groups -OCH3 is 1. The Kier molecular flexibility index (Phi) is 5.14. The van der Waals surface area contributed by atoms with Gasteiger partial charge in [0.25, 0.3) is 0 Å². The summed E-state index contributed by atoms with van der Waals surface area (Å²) < 4.78 is 11.0. The molecule has 1 fully saturated rings. The van der Waals surface area contributed by atoms with Gasteiger partial charge in [0, 0.05) is 17.6 Å². The first kappa shape index (κ1) is 13.5. The maximum atomic E-state index is 5.91. The normalized spacial score (nSPS) is 16.6. The number of ether oxygens (including phenoxy) is 2. The van der Waals surface area contributed by atoms with E-state index < -0.39 is 0 Å². The molecular weight excluding hydrogens is 250 g/mol. The maximum absolute atomic E-state index is 5.91. The first-order chi connectivity index (χ1) is 8.79. The van der Waals surface area contributed by atoms with Crippen molar-refractivity contribution in [3.05, 3.63) is 23.2 Å². The van der Waals surface area contributed by atoms with Crippen LogP contribution in [0.15, 0.2) is 18.2 Å². The van der Waals surface area contributed by atoms with E-state index in [9.17, 15) is 0 Å². The van der Waals surface area contributed by atoms with E-state index in [0.29, 0.717) is 17.4 Å². The first-order valence-corrected chi connectivity index (χ1v) is 6.86. The Bertz CT molecular complexity index is 378. The zero-order valence-corrected chi connectivity index (χ0v) is 11.6. The second-order valence-corrected chi connectivity index (χ2v) is 4.98. The number of benzene rings is 1. The van der Waals surface area contributed by atoms with Crippen molar-refractivity contribution in [1.29, 1.82) is 0 Å². The summed E-state index contributed by atoms with van der Waals surface area (Å²) in [6.45, 7) is 4.06. The van der Waals surface area contributed by atoms with Crippen molar-refractivity contribution in [1.82, 2.24) is 4.90 Å². The molecule has 1 aliphatic rings. The van der Waals surface area contributed by atoms with Gasteiger partial charge in [0.1, 0.15) is 6.61 Å². The molecular formula is C14H20ClNO2. The van der Waals surface area contributed by atoms with E-state index in [4.69, 9.17) is 21.1 Å². The van der Waals surface area contributed by atoms with Crippen LogP contribution in [-0.2, 0) is 0 Å². The van der Waals surface area contributed by atoms with E-state index in [1.165, 1.54) is 32.4 Å². The number of halogens is 1. The van der Waals surface area contributed by atoms with Crippen LogP contribution >= 0.6 is 11.6 Å². The molecule has 2 rings (SSSR count). The molecule has 4 heteroatoms. The highest BCUT2D eigenvalue weighted by atomic mass is 35.5. The number of nitrogens with zero attached hydrogens (tertiary/aromatic N) is 1. The van der Waals surface area contributed by atoms with Crippen LogP contribution in [0.1, 0.15) is 19.3 Å². The van der Waals surface area contributed by atoms with E-state index in [2.05, 4.69) is 4.90 Å². The Morgan fingerprint density at radius 3 is 2.67 bits per heavy atom. The highest BCUT2D eigenvalue weighted by molar-refractivity contribution is 6.30. The Morgan fingerprint density at radius 2 is 1.94 bits per heavy atom. The van der Waals surface area contributed by atoms with Gasteiger partial charge in [-0.15, -0.1) is 0 Å². The Morgan fingerprint density at radius 1 is 1.17 bits per heavy atom. The molecule has 0 N–H and O–H groups in total. The van der Waals surface area contributed by atoms with Crippen molar-refractivity contribution in [2.75, 3.05) is 33.4 Å². The standard InChI is InChI=1S/C14H20ClNO2/c1-17-14-11-12(15)5-6-13(14)18-10-9-16-7-3-2-4-8-16/h5-6,11H,2-4,7-10H2,1H3. The van der Waals surface area contributed by atoms with Crippen LogP contribution in [0, 0.1) is 0 Å². The molecule has 0 radical (unpaired) electrons. The second-order valence-electron chi connectivity index (χ2n) is 4.55. The molecule has 0 aromatic heterocycles. The molecule has 1 aromatic carbocycles. The largest absolute Gasteiger partial charge is 0.493 e. The predicted octanol–water partition coefficient (Wildman–Crippen LogP) is 3.21. The van der Waals surface area contributed by atoms with Crippen molar-refractivity contribution in [2.24, 2.45) is 0 Å². The van der Waals surface area contributed by atoms with E-state index >= 15 is 0 Å². The number of hydrogen-bond acceptors (Lipinski definition) is 3. The number of rotatable bonds is 5. The SMILES string of the molecule is COc1cc(Cl)ccc1OCCN1CCCCC1. The number of hydrogen-bond donors (Lipinski definition) is 0. The van der Waals surface area contributed by atoms with E-state index in [1.807, 2.05) is 12.1 Å². The summed E-state index contributed by atoms with van der Waals surface area (Å²) in [6.07, 6.45) is 3.98. The highest BCUT2D eigenvalue weighted by Gasteiger charge is 2.10. The Balaban J connectivity index is 1.82. The summed E-state index contributed by atoms with van der Waals surface area (Å²) in [7, 11) is 1.63.